The van der Waals surface area contributed by atoms with Crippen molar-refractivity contribution >= 4 is 11.7 Å². The van der Waals surface area contributed by atoms with E-state index in [1.807, 2.05) is 13.8 Å². The molecule has 0 aromatic rings. The van der Waals surface area contributed by atoms with Gasteiger partial charge in [-0.25, -0.2) is 0 Å². The molecule has 0 heterocycles. The minimum atomic E-state index is 0.171. The van der Waals surface area contributed by atoms with Crippen molar-refractivity contribution in [2.75, 3.05) is 0 Å². The van der Waals surface area contributed by atoms with Crippen LogP contribution in [0.2, 0.25) is 0 Å². The van der Waals surface area contributed by atoms with Crippen LogP contribution in [0, 0.1) is 5.41 Å². The van der Waals surface area contributed by atoms with Crippen molar-refractivity contribution in [3.05, 3.63) is 0 Å². The van der Waals surface area contributed by atoms with Crippen molar-refractivity contribution in [2.45, 2.75) is 137 Å². The first kappa shape index (κ1) is 26.1. The molecule has 0 aliphatic heterocycles. The predicted molar refractivity (Wildman–Crippen MR) is 117 cm³/mol. The van der Waals surface area contributed by atoms with Gasteiger partial charge in [0.25, 0.3) is 0 Å². The molecular weight excluding hydrogens is 334 g/mol. The summed E-state index contributed by atoms with van der Waals surface area (Å²) in [5, 5.41) is 2.93. The highest BCUT2D eigenvalue weighted by molar-refractivity contribution is 5.78. The van der Waals surface area contributed by atoms with Gasteiger partial charge in [0.05, 0.1) is 0 Å². The lowest BCUT2D eigenvalue weighted by molar-refractivity contribution is -0.122. The van der Waals surface area contributed by atoms with Crippen molar-refractivity contribution in [2.24, 2.45) is 5.41 Å². The fraction of sp³-hybridized carbons (Fsp3) is 0.917. The molecule has 0 aromatic heterocycles. The normalized spacial score (nSPS) is 11.8. The van der Waals surface area contributed by atoms with Gasteiger partial charge in [0, 0.05) is 25.3 Å². The van der Waals surface area contributed by atoms with Gasteiger partial charge in [-0.15, -0.1) is 0 Å². The Bertz CT molecular complexity index is 382. The zero-order valence-corrected chi connectivity index (χ0v) is 19.0. The number of amides is 1. The fourth-order valence-electron chi connectivity index (χ4n) is 3.34. The number of ketones is 1. The van der Waals surface area contributed by atoms with Crippen LogP contribution in [0.1, 0.15) is 131 Å². The van der Waals surface area contributed by atoms with Crippen LogP contribution in [0.4, 0.5) is 0 Å². The lowest BCUT2D eigenvalue weighted by atomic mass is 9.89. The molecule has 1 N–H and O–H groups in total. The molecule has 0 saturated carbocycles. The van der Waals surface area contributed by atoms with Gasteiger partial charge in [0.1, 0.15) is 5.78 Å². The minimum absolute atomic E-state index is 0.171. The molecule has 0 saturated heterocycles. The van der Waals surface area contributed by atoms with E-state index < -0.39 is 0 Å². The van der Waals surface area contributed by atoms with Gasteiger partial charge < -0.3 is 5.32 Å². The van der Waals surface area contributed by atoms with Crippen LogP contribution in [0.5, 0.6) is 0 Å². The van der Waals surface area contributed by atoms with Gasteiger partial charge in [0.2, 0.25) is 5.91 Å². The quantitative estimate of drug-likeness (QED) is 0.276. The lowest BCUT2D eigenvalue weighted by Crippen LogP contribution is -2.29. The van der Waals surface area contributed by atoms with Gasteiger partial charge in [-0.05, 0) is 44.9 Å². The van der Waals surface area contributed by atoms with Crippen molar-refractivity contribution in [3.8, 4) is 0 Å². The molecule has 0 radical (unpaired) electrons. The zero-order valence-electron chi connectivity index (χ0n) is 19.0. The predicted octanol–water partition coefficient (Wildman–Crippen LogP) is 6.98. The van der Waals surface area contributed by atoms with Crippen LogP contribution in [-0.4, -0.2) is 17.7 Å². The number of carbonyl (C=O) groups excluding carboxylic acids is 2. The van der Waals surface area contributed by atoms with E-state index in [1.54, 1.807) is 0 Å². The first-order chi connectivity index (χ1) is 12.7. The fourth-order valence-corrected chi connectivity index (χ4v) is 3.34. The van der Waals surface area contributed by atoms with E-state index in [0.717, 1.165) is 44.9 Å². The standard InChI is InChI=1S/C24H47NO2/c1-21(2)25-23(27)19-15-11-7-6-9-13-17-22(26)18-14-10-8-12-16-20-24(3,4)5/h21H,6-20H2,1-5H3,(H,25,27). The van der Waals surface area contributed by atoms with Crippen LogP contribution in [-0.2, 0) is 9.59 Å². The van der Waals surface area contributed by atoms with Gasteiger partial charge in [-0.3, -0.25) is 9.59 Å². The van der Waals surface area contributed by atoms with Gasteiger partial charge in [0.15, 0.2) is 0 Å². The van der Waals surface area contributed by atoms with E-state index in [1.165, 1.54) is 44.9 Å². The van der Waals surface area contributed by atoms with E-state index in [-0.39, 0.29) is 11.9 Å². The second kappa shape index (κ2) is 16.1. The molecule has 0 atom stereocenters. The number of carbonyl (C=O) groups is 2. The average Bonchev–Trinajstić information content (AvgIpc) is 2.54. The van der Waals surface area contributed by atoms with E-state index in [4.69, 9.17) is 0 Å². The molecular formula is C24H47NO2. The molecule has 3 nitrogen and oxygen atoms in total. The number of nitrogens with one attached hydrogen (secondary N) is 1. The van der Waals surface area contributed by atoms with Crippen LogP contribution < -0.4 is 5.32 Å². The van der Waals surface area contributed by atoms with Crippen LogP contribution in [0.15, 0.2) is 0 Å². The third-order valence-corrected chi connectivity index (χ3v) is 4.94. The summed E-state index contributed by atoms with van der Waals surface area (Å²) in [4.78, 5) is 23.4. The number of Topliss-reactive ketones (excluding diaryl/α,β-unsaturated/α-hetero) is 1. The van der Waals surface area contributed by atoms with Crippen LogP contribution >= 0.6 is 0 Å². The van der Waals surface area contributed by atoms with Crippen molar-refractivity contribution < 1.29 is 9.59 Å². The highest BCUT2D eigenvalue weighted by atomic mass is 16.1. The SMILES string of the molecule is CC(C)NC(=O)CCCCCCCCC(=O)CCCCCCCC(C)(C)C. The Hall–Kier alpha value is -0.860. The van der Waals surface area contributed by atoms with Crippen LogP contribution in [0.25, 0.3) is 0 Å². The summed E-state index contributed by atoms with van der Waals surface area (Å²) in [7, 11) is 0. The molecule has 27 heavy (non-hydrogen) atoms. The van der Waals surface area contributed by atoms with E-state index in [0.29, 0.717) is 17.6 Å². The molecule has 1 amide bonds. The van der Waals surface area contributed by atoms with Gasteiger partial charge in [-0.1, -0.05) is 72.1 Å². The molecule has 0 bridgehead atoms. The summed E-state index contributed by atoms with van der Waals surface area (Å²) >= 11 is 0. The van der Waals surface area contributed by atoms with Crippen molar-refractivity contribution in [1.82, 2.24) is 5.32 Å². The van der Waals surface area contributed by atoms with Crippen molar-refractivity contribution in [1.29, 1.82) is 0 Å². The van der Waals surface area contributed by atoms with E-state index >= 15 is 0 Å². The van der Waals surface area contributed by atoms with E-state index in [9.17, 15) is 9.59 Å². The Morgan fingerprint density at radius 3 is 1.52 bits per heavy atom. The Kier molecular flexibility index (Phi) is 15.6. The minimum Gasteiger partial charge on any atom is -0.354 e. The zero-order chi connectivity index (χ0) is 20.5. The highest BCUT2D eigenvalue weighted by Gasteiger charge is 2.09. The second-order valence-electron chi connectivity index (χ2n) is 9.71. The summed E-state index contributed by atoms with van der Waals surface area (Å²) in [6.45, 7) is 10.9. The molecule has 0 rings (SSSR count). The monoisotopic (exact) mass is 381 g/mol. The molecule has 0 spiro atoms. The first-order valence-electron chi connectivity index (χ1n) is 11.5. The summed E-state index contributed by atoms with van der Waals surface area (Å²) in [6.07, 6.45) is 16.3. The summed E-state index contributed by atoms with van der Waals surface area (Å²) in [5.41, 5.74) is 0.457. The van der Waals surface area contributed by atoms with Crippen LogP contribution in [0.3, 0.4) is 0 Å². The number of hydrogen-bond donors (Lipinski definition) is 1. The largest absolute Gasteiger partial charge is 0.354 e. The number of rotatable bonds is 17. The Balaban J connectivity index is 3.32. The Morgan fingerprint density at radius 1 is 0.667 bits per heavy atom. The Labute approximate surface area is 169 Å². The smallest absolute Gasteiger partial charge is 0.220 e. The Morgan fingerprint density at radius 2 is 1.07 bits per heavy atom. The molecule has 0 aliphatic carbocycles. The first-order valence-corrected chi connectivity index (χ1v) is 11.5. The maximum Gasteiger partial charge on any atom is 0.220 e. The number of unbranched alkanes of at least 4 members (excludes halogenated alkanes) is 9. The molecule has 0 fully saturated rings. The lowest BCUT2D eigenvalue weighted by Gasteiger charge is -2.17. The highest BCUT2D eigenvalue weighted by Crippen LogP contribution is 2.22. The average molecular weight is 382 g/mol. The van der Waals surface area contributed by atoms with E-state index in [2.05, 4.69) is 26.1 Å². The summed E-state index contributed by atoms with van der Waals surface area (Å²) < 4.78 is 0. The third-order valence-electron chi connectivity index (χ3n) is 4.94. The molecule has 0 aliphatic rings. The molecule has 160 valence electrons. The second-order valence-corrected chi connectivity index (χ2v) is 9.71. The molecule has 3 heteroatoms. The topological polar surface area (TPSA) is 46.2 Å². The maximum absolute atomic E-state index is 11.9. The van der Waals surface area contributed by atoms with Gasteiger partial charge in [-0.2, -0.15) is 0 Å². The van der Waals surface area contributed by atoms with Crippen molar-refractivity contribution in [3.63, 3.8) is 0 Å². The molecule has 0 unspecified atom stereocenters. The molecule has 0 aromatic carbocycles. The summed E-state index contributed by atoms with van der Waals surface area (Å²) in [5.74, 6) is 0.625. The van der Waals surface area contributed by atoms with Gasteiger partial charge >= 0.3 is 0 Å². The third kappa shape index (κ3) is 21.3. The number of hydrogen-bond acceptors (Lipinski definition) is 2. The summed E-state index contributed by atoms with van der Waals surface area (Å²) in [6, 6.07) is 0.239. The maximum atomic E-state index is 11.9.